The number of hydrogen-bond donors (Lipinski definition) is 1. The van der Waals surface area contributed by atoms with Crippen molar-refractivity contribution in [3.8, 4) is 0 Å². The highest BCUT2D eigenvalue weighted by Crippen LogP contribution is 1.93. The molecule has 0 aromatic carbocycles. The molecule has 0 aliphatic rings. The fourth-order valence-corrected chi connectivity index (χ4v) is 0.662. The van der Waals surface area contributed by atoms with Gasteiger partial charge in [-0.05, 0) is 12.8 Å². The van der Waals surface area contributed by atoms with Crippen molar-refractivity contribution in [2.24, 2.45) is 0 Å². The van der Waals surface area contributed by atoms with E-state index in [-0.39, 0.29) is 13.2 Å². The van der Waals surface area contributed by atoms with Gasteiger partial charge in [-0.15, -0.1) is 0 Å². The number of carbonyl (C=O) groups is 3. The molecule has 0 spiro atoms. The maximum Gasteiger partial charge on any atom is 0.417 e. The van der Waals surface area contributed by atoms with Crippen LogP contribution >= 0.6 is 0 Å². The molecule has 0 aromatic heterocycles. The summed E-state index contributed by atoms with van der Waals surface area (Å²) >= 11 is 0. The van der Waals surface area contributed by atoms with Crippen LogP contribution in [0.15, 0.2) is 12.7 Å². The third-order valence-electron chi connectivity index (χ3n) is 1.36. The smallest absolute Gasteiger partial charge is 0.417 e. The predicted molar refractivity (Wildman–Crippen MR) is 49.0 cm³/mol. The SMILES string of the molecule is C=CC(=O)OCCCCOC(=O)C(=O)O. The van der Waals surface area contributed by atoms with Gasteiger partial charge in [0.15, 0.2) is 0 Å². The van der Waals surface area contributed by atoms with Crippen LogP contribution in [0.2, 0.25) is 0 Å². The standard InChI is InChI=1S/C9H12O6/c1-2-7(10)14-5-3-4-6-15-9(13)8(11)12/h2H,1,3-6H2,(H,11,12). The number of hydrogen-bond acceptors (Lipinski definition) is 5. The highest BCUT2D eigenvalue weighted by Gasteiger charge is 2.11. The number of unbranched alkanes of at least 4 members (excludes halogenated alkanes) is 1. The zero-order valence-corrected chi connectivity index (χ0v) is 8.10. The Morgan fingerprint density at radius 2 is 1.67 bits per heavy atom. The van der Waals surface area contributed by atoms with E-state index in [1.54, 1.807) is 0 Å². The van der Waals surface area contributed by atoms with E-state index in [1.807, 2.05) is 0 Å². The van der Waals surface area contributed by atoms with E-state index < -0.39 is 17.9 Å². The van der Waals surface area contributed by atoms with E-state index in [4.69, 9.17) is 5.11 Å². The van der Waals surface area contributed by atoms with Gasteiger partial charge < -0.3 is 14.6 Å². The van der Waals surface area contributed by atoms with Crippen molar-refractivity contribution in [2.45, 2.75) is 12.8 Å². The minimum absolute atomic E-state index is 0.00320. The van der Waals surface area contributed by atoms with Gasteiger partial charge in [-0.3, -0.25) is 0 Å². The molecule has 6 heteroatoms. The van der Waals surface area contributed by atoms with Crippen molar-refractivity contribution in [1.29, 1.82) is 0 Å². The summed E-state index contributed by atoms with van der Waals surface area (Å²) in [7, 11) is 0. The summed E-state index contributed by atoms with van der Waals surface area (Å²) in [5.74, 6) is -3.41. The van der Waals surface area contributed by atoms with Crippen LogP contribution in [-0.2, 0) is 23.9 Å². The Labute approximate surface area is 86.5 Å². The predicted octanol–water partition coefficient (Wildman–Crippen LogP) is 0.124. The summed E-state index contributed by atoms with van der Waals surface area (Å²) in [6.45, 7) is 3.40. The zero-order chi connectivity index (χ0) is 11.7. The van der Waals surface area contributed by atoms with E-state index in [0.717, 1.165) is 6.08 Å². The van der Waals surface area contributed by atoms with Crippen molar-refractivity contribution < 1.29 is 29.0 Å². The van der Waals surface area contributed by atoms with Gasteiger partial charge in [0.2, 0.25) is 0 Å². The normalized spacial score (nSPS) is 9.07. The third-order valence-corrected chi connectivity index (χ3v) is 1.36. The second-order valence-corrected chi connectivity index (χ2v) is 2.52. The Kier molecular flexibility index (Phi) is 6.61. The second-order valence-electron chi connectivity index (χ2n) is 2.52. The summed E-state index contributed by atoms with van der Waals surface area (Å²) in [5, 5.41) is 8.13. The van der Waals surface area contributed by atoms with Crippen LogP contribution in [0.1, 0.15) is 12.8 Å². The van der Waals surface area contributed by atoms with E-state index >= 15 is 0 Å². The van der Waals surface area contributed by atoms with Crippen LogP contribution in [0.4, 0.5) is 0 Å². The Morgan fingerprint density at radius 3 is 2.13 bits per heavy atom. The Bertz CT molecular complexity index is 257. The van der Waals surface area contributed by atoms with Crippen LogP contribution in [0, 0.1) is 0 Å². The Hall–Kier alpha value is -1.85. The molecule has 6 nitrogen and oxygen atoms in total. The molecule has 1 N–H and O–H groups in total. The fraction of sp³-hybridized carbons (Fsp3) is 0.444. The molecule has 84 valence electrons. The quantitative estimate of drug-likeness (QED) is 0.293. The number of ether oxygens (including phenoxy) is 2. The van der Waals surface area contributed by atoms with Crippen LogP contribution in [0.3, 0.4) is 0 Å². The number of carboxylic acids is 1. The summed E-state index contributed by atoms with van der Waals surface area (Å²) in [6, 6.07) is 0. The minimum atomic E-state index is -1.62. The molecule has 0 fully saturated rings. The van der Waals surface area contributed by atoms with E-state index in [1.165, 1.54) is 0 Å². The molecule has 0 saturated carbocycles. The van der Waals surface area contributed by atoms with Gasteiger partial charge in [0.25, 0.3) is 0 Å². The van der Waals surface area contributed by atoms with Crippen molar-refractivity contribution in [1.82, 2.24) is 0 Å². The first-order valence-corrected chi connectivity index (χ1v) is 4.27. The Morgan fingerprint density at radius 1 is 1.13 bits per heavy atom. The Balaban J connectivity index is 3.32. The van der Waals surface area contributed by atoms with Crippen molar-refractivity contribution in [3.63, 3.8) is 0 Å². The van der Waals surface area contributed by atoms with Gasteiger partial charge in [-0.2, -0.15) is 0 Å². The maximum atomic E-state index is 10.5. The largest absolute Gasteiger partial charge is 0.473 e. The highest BCUT2D eigenvalue weighted by molar-refractivity contribution is 6.28. The minimum Gasteiger partial charge on any atom is -0.473 e. The fourth-order valence-electron chi connectivity index (χ4n) is 0.662. The first kappa shape index (κ1) is 13.2. The first-order valence-electron chi connectivity index (χ1n) is 4.27. The molecule has 0 atom stereocenters. The first-order chi connectivity index (χ1) is 7.07. The van der Waals surface area contributed by atoms with E-state index in [9.17, 15) is 14.4 Å². The van der Waals surface area contributed by atoms with Gasteiger partial charge in [0.1, 0.15) is 0 Å². The van der Waals surface area contributed by atoms with Gasteiger partial charge >= 0.3 is 17.9 Å². The lowest BCUT2D eigenvalue weighted by atomic mass is 10.3. The summed E-state index contributed by atoms with van der Waals surface area (Å²) in [6.07, 6.45) is 1.97. The highest BCUT2D eigenvalue weighted by atomic mass is 16.6. The molecule has 0 radical (unpaired) electrons. The lowest BCUT2D eigenvalue weighted by Crippen LogP contribution is -2.17. The summed E-state index contributed by atoms with van der Waals surface area (Å²) in [4.78, 5) is 30.9. The molecule has 0 bridgehead atoms. The average molecular weight is 216 g/mol. The molecule has 0 saturated heterocycles. The molecule has 0 unspecified atom stereocenters. The van der Waals surface area contributed by atoms with Crippen molar-refractivity contribution in [2.75, 3.05) is 13.2 Å². The zero-order valence-electron chi connectivity index (χ0n) is 8.10. The van der Waals surface area contributed by atoms with Crippen LogP contribution in [0.25, 0.3) is 0 Å². The molecule has 0 amide bonds. The average Bonchev–Trinajstić information content (AvgIpc) is 2.22. The molecule has 0 aromatic rings. The third kappa shape index (κ3) is 7.24. The molecule has 0 rings (SSSR count). The molecule has 0 heterocycles. The van der Waals surface area contributed by atoms with Crippen LogP contribution in [0.5, 0.6) is 0 Å². The monoisotopic (exact) mass is 216 g/mol. The lowest BCUT2D eigenvalue weighted by Gasteiger charge is -2.02. The maximum absolute atomic E-state index is 10.5. The van der Waals surface area contributed by atoms with E-state index in [0.29, 0.717) is 12.8 Å². The molecule has 0 aliphatic heterocycles. The summed E-state index contributed by atoms with van der Waals surface area (Å²) in [5.41, 5.74) is 0. The number of rotatable bonds is 6. The summed E-state index contributed by atoms with van der Waals surface area (Å²) < 4.78 is 8.97. The topological polar surface area (TPSA) is 89.9 Å². The van der Waals surface area contributed by atoms with Gasteiger partial charge in [-0.1, -0.05) is 6.58 Å². The van der Waals surface area contributed by atoms with E-state index in [2.05, 4.69) is 16.1 Å². The molecular formula is C9H12O6. The number of carbonyl (C=O) groups excluding carboxylic acids is 2. The lowest BCUT2D eigenvalue weighted by molar-refractivity contribution is -0.164. The van der Waals surface area contributed by atoms with Gasteiger partial charge in [-0.25, -0.2) is 14.4 Å². The van der Waals surface area contributed by atoms with Crippen LogP contribution in [-0.4, -0.2) is 36.2 Å². The second kappa shape index (κ2) is 7.54. The molecular weight excluding hydrogens is 204 g/mol. The molecule has 15 heavy (non-hydrogen) atoms. The van der Waals surface area contributed by atoms with Crippen LogP contribution < -0.4 is 0 Å². The molecule has 0 aliphatic carbocycles. The number of carboxylic acid groups (broad SMARTS) is 1. The van der Waals surface area contributed by atoms with Gasteiger partial charge in [0.05, 0.1) is 13.2 Å². The van der Waals surface area contributed by atoms with Gasteiger partial charge in [0, 0.05) is 6.08 Å². The van der Waals surface area contributed by atoms with Crippen molar-refractivity contribution in [3.05, 3.63) is 12.7 Å². The number of aliphatic carboxylic acids is 1. The van der Waals surface area contributed by atoms with Crippen molar-refractivity contribution >= 4 is 17.9 Å². The number of esters is 2.